The molecule has 2 nitrogen and oxygen atoms in total. The average molecular weight is 218 g/mol. The van der Waals surface area contributed by atoms with Gasteiger partial charge in [0.15, 0.2) is 0 Å². The molecule has 0 unspecified atom stereocenters. The van der Waals surface area contributed by atoms with Crippen LogP contribution in [-0.2, 0) is 4.74 Å². The van der Waals surface area contributed by atoms with Gasteiger partial charge in [0, 0.05) is 0 Å². The highest BCUT2D eigenvalue weighted by Gasteiger charge is 2.33. The molecule has 86 valence electrons. The maximum atomic E-state index is 8.92. The van der Waals surface area contributed by atoms with E-state index in [0.717, 1.165) is 12.8 Å². The summed E-state index contributed by atoms with van der Waals surface area (Å²) in [7, 11) is 0. The van der Waals surface area contributed by atoms with Crippen LogP contribution in [0.25, 0.3) is 0 Å². The van der Waals surface area contributed by atoms with Crippen molar-refractivity contribution in [3.8, 4) is 0 Å². The molecule has 2 aliphatic rings. The monoisotopic (exact) mass is 218 g/mol. The summed E-state index contributed by atoms with van der Waals surface area (Å²) in [5.41, 5.74) is 1.99. The summed E-state index contributed by atoms with van der Waals surface area (Å²) < 4.78 is 5.86. The minimum absolute atomic E-state index is 0.0591. The molecule has 2 rings (SSSR count). The van der Waals surface area contributed by atoms with Gasteiger partial charge in [-0.2, -0.15) is 0 Å². The lowest BCUT2D eigenvalue weighted by molar-refractivity contribution is 0.00786. The van der Waals surface area contributed by atoms with Crippen LogP contribution >= 0.6 is 0 Å². The smallest absolute Gasteiger partial charge is 0.115 e. The molecule has 16 heavy (non-hydrogen) atoms. The molecular formula is C14H18O2. The Kier molecular flexibility index (Phi) is 3.42. The minimum Gasteiger partial charge on any atom is -0.394 e. The molecule has 0 aromatic rings. The van der Waals surface area contributed by atoms with E-state index in [2.05, 4.69) is 43.4 Å². The SMILES string of the molecule is CC(OCCO)(C1=CCC=C1)C1=CCC=C1. The number of hydrogen-bond donors (Lipinski definition) is 1. The molecule has 1 N–H and O–H groups in total. The largest absolute Gasteiger partial charge is 0.394 e. The Morgan fingerprint density at radius 3 is 2.12 bits per heavy atom. The van der Waals surface area contributed by atoms with E-state index < -0.39 is 5.60 Å². The highest BCUT2D eigenvalue weighted by molar-refractivity contribution is 5.47. The lowest BCUT2D eigenvalue weighted by atomic mass is 9.88. The van der Waals surface area contributed by atoms with Crippen LogP contribution in [0.5, 0.6) is 0 Å². The summed E-state index contributed by atoms with van der Waals surface area (Å²) in [4.78, 5) is 0. The van der Waals surface area contributed by atoms with Gasteiger partial charge in [-0.15, -0.1) is 0 Å². The molecule has 0 radical (unpaired) electrons. The van der Waals surface area contributed by atoms with Crippen molar-refractivity contribution in [2.75, 3.05) is 13.2 Å². The van der Waals surface area contributed by atoms with Crippen LogP contribution in [0.15, 0.2) is 47.6 Å². The molecule has 0 bridgehead atoms. The van der Waals surface area contributed by atoms with Crippen LogP contribution in [0.4, 0.5) is 0 Å². The van der Waals surface area contributed by atoms with E-state index in [-0.39, 0.29) is 6.61 Å². The summed E-state index contributed by atoms with van der Waals surface area (Å²) in [5, 5.41) is 8.92. The number of hydrogen-bond acceptors (Lipinski definition) is 2. The summed E-state index contributed by atoms with van der Waals surface area (Å²) in [6.45, 7) is 2.50. The van der Waals surface area contributed by atoms with Crippen molar-refractivity contribution in [3.63, 3.8) is 0 Å². The van der Waals surface area contributed by atoms with E-state index in [1.807, 2.05) is 0 Å². The van der Waals surface area contributed by atoms with Gasteiger partial charge in [0.1, 0.15) is 5.60 Å². The first-order chi connectivity index (χ1) is 7.77. The molecule has 2 heteroatoms. The normalized spacial score (nSPS) is 19.1. The van der Waals surface area contributed by atoms with Gasteiger partial charge in [0.05, 0.1) is 13.2 Å². The Morgan fingerprint density at radius 1 is 1.19 bits per heavy atom. The van der Waals surface area contributed by atoms with Crippen molar-refractivity contribution >= 4 is 0 Å². The highest BCUT2D eigenvalue weighted by Crippen LogP contribution is 2.36. The van der Waals surface area contributed by atoms with Crippen molar-refractivity contribution in [1.82, 2.24) is 0 Å². The molecule has 0 spiro atoms. The zero-order valence-corrected chi connectivity index (χ0v) is 9.65. The molecule has 0 saturated heterocycles. The molecule has 0 aromatic heterocycles. The molecule has 0 fully saturated rings. The van der Waals surface area contributed by atoms with Crippen molar-refractivity contribution in [1.29, 1.82) is 0 Å². The van der Waals surface area contributed by atoms with Crippen LogP contribution in [0.2, 0.25) is 0 Å². The topological polar surface area (TPSA) is 29.5 Å². The van der Waals surface area contributed by atoms with Gasteiger partial charge in [0.25, 0.3) is 0 Å². The van der Waals surface area contributed by atoms with Crippen LogP contribution in [0.3, 0.4) is 0 Å². The standard InChI is InChI=1S/C14H18O2/c1-14(16-11-10-15,12-6-2-3-7-12)13-8-4-5-9-13/h2,4,6-9,15H,3,5,10-11H2,1H3. The number of rotatable bonds is 5. The first-order valence-corrected chi connectivity index (χ1v) is 5.76. The van der Waals surface area contributed by atoms with Crippen molar-refractivity contribution in [2.45, 2.75) is 25.4 Å². The summed E-state index contributed by atoms with van der Waals surface area (Å²) >= 11 is 0. The highest BCUT2D eigenvalue weighted by atomic mass is 16.5. The molecular weight excluding hydrogens is 200 g/mol. The Balaban J connectivity index is 2.24. The zero-order chi connectivity index (χ0) is 11.4. The second-order valence-electron chi connectivity index (χ2n) is 4.20. The van der Waals surface area contributed by atoms with Gasteiger partial charge in [-0.25, -0.2) is 0 Å². The van der Waals surface area contributed by atoms with E-state index in [9.17, 15) is 0 Å². The lowest BCUT2D eigenvalue weighted by Gasteiger charge is -2.31. The summed E-state index contributed by atoms with van der Waals surface area (Å²) in [5.74, 6) is 0. The van der Waals surface area contributed by atoms with Gasteiger partial charge >= 0.3 is 0 Å². The number of aliphatic hydroxyl groups excluding tert-OH is 1. The second-order valence-corrected chi connectivity index (χ2v) is 4.20. The fourth-order valence-electron chi connectivity index (χ4n) is 2.21. The van der Waals surface area contributed by atoms with Crippen LogP contribution in [0.1, 0.15) is 19.8 Å². The number of ether oxygens (including phenoxy) is 1. The quantitative estimate of drug-likeness (QED) is 0.768. The first kappa shape index (κ1) is 11.4. The van der Waals surface area contributed by atoms with E-state index in [1.165, 1.54) is 11.1 Å². The minimum atomic E-state index is -0.400. The molecule has 0 atom stereocenters. The van der Waals surface area contributed by atoms with Gasteiger partial charge in [-0.05, 0) is 30.9 Å². The summed E-state index contributed by atoms with van der Waals surface area (Å²) in [6.07, 6.45) is 14.8. The average Bonchev–Trinajstić information content (AvgIpc) is 2.96. The molecule has 0 amide bonds. The van der Waals surface area contributed by atoms with E-state index in [4.69, 9.17) is 9.84 Å². The molecule has 0 aliphatic heterocycles. The third kappa shape index (κ3) is 2.04. The molecule has 0 saturated carbocycles. The van der Waals surface area contributed by atoms with E-state index in [0.29, 0.717) is 6.61 Å². The number of allylic oxidation sites excluding steroid dienone is 4. The van der Waals surface area contributed by atoms with E-state index in [1.54, 1.807) is 0 Å². The fourth-order valence-corrected chi connectivity index (χ4v) is 2.21. The Bertz CT molecular complexity index is 342. The predicted octanol–water partition coefficient (Wildman–Crippen LogP) is 2.53. The zero-order valence-electron chi connectivity index (χ0n) is 9.65. The van der Waals surface area contributed by atoms with Gasteiger partial charge in [-0.3, -0.25) is 0 Å². The Morgan fingerprint density at radius 2 is 1.75 bits per heavy atom. The van der Waals surface area contributed by atoms with Crippen molar-refractivity contribution in [3.05, 3.63) is 47.6 Å². The lowest BCUT2D eigenvalue weighted by Crippen LogP contribution is -2.33. The maximum absolute atomic E-state index is 8.92. The van der Waals surface area contributed by atoms with Crippen LogP contribution in [-0.4, -0.2) is 23.9 Å². The molecule has 2 aliphatic carbocycles. The van der Waals surface area contributed by atoms with Gasteiger partial charge in [0.2, 0.25) is 0 Å². The molecule has 0 aromatic carbocycles. The Labute approximate surface area is 96.6 Å². The Hall–Kier alpha value is -1.12. The molecule has 0 heterocycles. The van der Waals surface area contributed by atoms with Crippen molar-refractivity contribution < 1.29 is 9.84 Å². The maximum Gasteiger partial charge on any atom is 0.115 e. The van der Waals surface area contributed by atoms with Gasteiger partial charge < -0.3 is 9.84 Å². The third-order valence-electron chi connectivity index (χ3n) is 3.13. The third-order valence-corrected chi connectivity index (χ3v) is 3.13. The fraction of sp³-hybridized carbons (Fsp3) is 0.429. The predicted molar refractivity (Wildman–Crippen MR) is 65.1 cm³/mol. The van der Waals surface area contributed by atoms with Crippen LogP contribution < -0.4 is 0 Å². The van der Waals surface area contributed by atoms with Gasteiger partial charge in [-0.1, -0.05) is 36.5 Å². The first-order valence-electron chi connectivity index (χ1n) is 5.76. The van der Waals surface area contributed by atoms with E-state index >= 15 is 0 Å². The van der Waals surface area contributed by atoms with Crippen molar-refractivity contribution in [2.24, 2.45) is 0 Å². The number of aliphatic hydroxyl groups is 1. The second kappa shape index (κ2) is 4.81. The van der Waals surface area contributed by atoms with Crippen LogP contribution in [0, 0.1) is 0 Å². The summed E-state index contributed by atoms with van der Waals surface area (Å²) in [6, 6.07) is 0.